The molecule has 1 aromatic heterocycles. The van der Waals surface area contributed by atoms with Crippen LogP contribution in [0.5, 0.6) is 0 Å². The highest BCUT2D eigenvalue weighted by atomic mass is 127. The first-order chi connectivity index (χ1) is 5.13. The van der Waals surface area contributed by atoms with Crippen LogP contribution in [0.2, 0.25) is 0 Å². The van der Waals surface area contributed by atoms with E-state index >= 15 is 0 Å². The summed E-state index contributed by atoms with van der Waals surface area (Å²) < 4.78 is 0.678. The van der Waals surface area contributed by atoms with Gasteiger partial charge in [0.05, 0.1) is 10.5 Å². The second kappa shape index (κ2) is 3.12. The Balaban J connectivity index is 3.27. The summed E-state index contributed by atoms with van der Waals surface area (Å²) in [5.74, 6) is 0. The lowest BCUT2D eigenvalue weighted by Gasteiger charge is -1.96. The number of nitro groups is 1. The first kappa shape index (κ1) is 8.38. The normalized spacial score (nSPS) is 9.64. The van der Waals surface area contributed by atoms with Crippen molar-refractivity contribution >= 4 is 28.3 Å². The lowest BCUT2D eigenvalue weighted by molar-refractivity contribution is -0.385. The summed E-state index contributed by atoms with van der Waals surface area (Å²) in [5, 5.41) is 10.3. The molecule has 0 unspecified atom stereocenters. The molecule has 0 saturated heterocycles. The van der Waals surface area contributed by atoms with Gasteiger partial charge in [-0.1, -0.05) is 0 Å². The zero-order valence-corrected chi connectivity index (χ0v) is 7.90. The molecule has 0 bridgehead atoms. The van der Waals surface area contributed by atoms with Crippen LogP contribution < -0.4 is 0 Å². The van der Waals surface area contributed by atoms with Gasteiger partial charge in [0.25, 0.3) is 5.69 Å². The van der Waals surface area contributed by atoms with Gasteiger partial charge in [0.1, 0.15) is 3.70 Å². The molecule has 5 heteroatoms. The fourth-order valence-corrected chi connectivity index (χ4v) is 1.14. The second-order valence-electron chi connectivity index (χ2n) is 2.00. The third-order valence-electron chi connectivity index (χ3n) is 1.31. The standard InChI is InChI=1S/C6H5IN2O2/c1-4-5(9(10)11)2-3-8-6(4)7/h2-3H,1H3. The highest BCUT2D eigenvalue weighted by Crippen LogP contribution is 2.19. The van der Waals surface area contributed by atoms with Crippen LogP contribution in [0.15, 0.2) is 12.3 Å². The molecule has 0 atom stereocenters. The fourth-order valence-electron chi connectivity index (χ4n) is 0.699. The molecule has 0 spiro atoms. The van der Waals surface area contributed by atoms with E-state index in [0.717, 1.165) is 0 Å². The summed E-state index contributed by atoms with van der Waals surface area (Å²) in [6.45, 7) is 1.69. The minimum absolute atomic E-state index is 0.129. The first-order valence-corrected chi connectivity index (χ1v) is 3.96. The van der Waals surface area contributed by atoms with E-state index in [1.807, 2.05) is 22.6 Å². The van der Waals surface area contributed by atoms with E-state index in [0.29, 0.717) is 9.26 Å². The lowest BCUT2D eigenvalue weighted by atomic mass is 10.3. The number of nitrogens with zero attached hydrogens (tertiary/aromatic N) is 2. The Bertz CT molecular complexity index is 301. The molecular weight excluding hydrogens is 259 g/mol. The summed E-state index contributed by atoms with van der Waals surface area (Å²) >= 11 is 1.97. The molecule has 0 fully saturated rings. The number of pyridine rings is 1. The van der Waals surface area contributed by atoms with Crippen molar-refractivity contribution in [3.8, 4) is 0 Å². The molecule has 0 radical (unpaired) electrons. The van der Waals surface area contributed by atoms with Crippen molar-refractivity contribution in [1.82, 2.24) is 4.98 Å². The summed E-state index contributed by atoms with van der Waals surface area (Å²) in [6.07, 6.45) is 1.44. The Labute approximate surface area is 76.9 Å². The van der Waals surface area contributed by atoms with Crippen LogP contribution in [0.1, 0.15) is 5.56 Å². The predicted octanol–water partition coefficient (Wildman–Crippen LogP) is 1.90. The minimum Gasteiger partial charge on any atom is -0.258 e. The van der Waals surface area contributed by atoms with Crippen LogP contribution in [-0.4, -0.2) is 9.91 Å². The molecule has 0 amide bonds. The summed E-state index contributed by atoms with van der Waals surface area (Å²) in [4.78, 5) is 13.8. The van der Waals surface area contributed by atoms with Crippen molar-refractivity contribution in [3.63, 3.8) is 0 Å². The van der Waals surface area contributed by atoms with Gasteiger partial charge in [0, 0.05) is 12.3 Å². The Hall–Kier alpha value is -0.720. The molecule has 0 aliphatic carbocycles. The molecule has 0 saturated carbocycles. The summed E-state index contributed by atoms with van der Waals surface area (Å²) in [7, 11) is 0. The maximum absolute atomic E-state index is 10.3. The number of aromatic nitrogens is 1. The van der Waals surface area contributed by atoms with Crippen molar-refractivity contribution < 1.29 is 4.92 Å². The molecule has 58 valence electrons. The van der Waals surface area contributed by atoms with Gasteiger partial charge >= 0.3 is 0 Å². The molecule has 1 rings (SSSR count). The number of hydrogen-bond acceptors (Lipinski definition) is 3. The lowest BCUT2D eigenvalue weighted by Crippen LogP contribution is -1.94. The van der Waals surface area contributed by atoms with Crippen LogP contribution in [0.4, 0.5) is 5.69 Å². The van der Waals surface area contributed by atoms with Crippen molar-refractivity contribution in [2.24, 2.45) is 0 Å². The first-order valence-electron chi connectivity index (χ1n) is 2.88. The van der Waals surface area contributed by atoms with Gasteiger partial charge in [-0.3, -0.25) is 10.1 Å². The zero-order valence-electron chi connectivity index (χ0n) is 5.74. The third kappa shape index (κ3) is 1.65. The van der Waals surface area contributed by atoms with Crippen LogP contribution in [0.25, 0.3) is 0 Å². The van der Waals surface area contributed by atoms with E-state index in [-0.39, 0.29) is 5.69 Å². The van der Waals surface area contributed by atoms with E-state index in [9.17, 15) is 10.1 Å². The Morgan fingerprint density at radius 3 is 2.82 bits per heavy atom. The van der Waals surface area contributed by atoms with E-state index in [2.05, 4.69) is 4.98 Å². The highest BCUT2D eigenvalue weighted by molar-refractivity contribution is 14.1. The fraction of sp³-hybridized carbons (Fsp3) is 0.167. The Kier molecular flexibility index (Phi) is 2.38. The van der Waals surface area contributed by atoms with Crippen LogP contribution in [-0.2, 0) is 0 Å². The molecule has 0 N–H and O–H groups in total. The molecule has 4 nitrogen and oxygen atoms in total. The molecular formula is C6H5IN2O2. The Morgan fingerprint density at radius 2 is 2.36 bits per heavy atom. The summed E-state index contributed by atoms with van der Waals surface area (Å²) in [5.41, 5.74) is 0.752. The SMILES string of the molecule is Cc1c([N+](=O)[O-])ccnc1I. The van der Waals surface area contributed by atoms with Gasteiger partial charge in [-0.2, -0.15) is 0 Å². The molecule has 11 heavy (non-hydrogen) atoms. The average Bonchev–Trinajstić information content (AvgIpc) is 1.94. The quantitative estimate of drug-likeness (QED) is 0.337. The van der Waals surface area contributed by atoms with Crippen molar-refractivity contribution in [2.45, 2.75) is 6.92 Å². The molecule has 1 heterocycles. The van der Waals surface area contributed by atoms with Crippen LogP contribution in [0, 0.1) is 20.7 Å². The van der Waals surface area contributed by atoms with Gasteiger partial charge in [-0.15, -0.1) is 0 Å². The third-order valence-corrected chi connectivity index (χ3v) is 2.40. The van der Waals surface area contributed by atoms with Gasteiger partial charge in [0.15, 0.2) is 0 Å². The maximum Gasteiger partial charge on any atom is 0.276 e. The van der Waals surface area contributed by atoms with Crippen LogP contribution >= 0.6 is 22.6 Å². The van der Waals surface area contributed by atoms with Crippen molar-refractivity contribution in [1.29, 1.82) is 0 Å². The topological polar surface area (TPSA) is 56.0 Å². The Morgan fingerprint density at radius 1 is 1.73 bits per heavy atom. The monoisotopic (exact) mass is 264 g/mol. The van der Waals surface area contributed by atoms with Crippen molar-refractivity contribution in [2.75, 3.05) is 0 Å². The molecule has 0 aromatic carbocycles. The van der Waals surface area contributed by atoms with Crippen LogP contribution in [0.3, 0.4) is 0 Å². The van der Waals surface area contributed by atoms with Crippen molar-refractivity contribution in [3.05, 3.63) is 31.6 Å². The molecule has 1 aromatic rings. The van der Waals surface area contributed by atoms with E-state index < -0.39 is 4.92 Å². The predicted molar refractivity (Wildman–Crippen MR) is 48.3 cm³/mol. The van der Waals surface area contributed by atoms with E-state index in [1.54, 1.807) is 6.92 Å². The second-order valence-corrected chi connectivity index (χ2v) is 3.02. The largest absolute Gasteiger partial charge is 0.276 e. The van der Waals surface area contributed by atoms with Gasteiger partial charge < -0.3 is 0 Å². The zero-order chi connectivity index (χ0) is 8.43. The van der Waals surface area contributed by atoms with E-state index in [4.69, 9.17) is 0 Å². The smallest absolute Gasteiger partial charge is 0.258 e. The van der Waals surface area contributed by atoms with E-state index in [1.165, 1.54) is 12.3 Å². The number of rotatable bonds is 1. The minimum atomic E-state index is -0.404. The summed E-state index contributed by atoms with van der Waals surface area (Å²) in [6, 6.07) is 1.40. The molecule has 0 aliphatic rings. The average molecular weight is 264 g/mol. The number of hydrogen-bond donors (Lipinski definition) is 0. The van der Waals surface area contributed by atoms with Gasteiger partial charge in [-0.05, 0) is 29.5 Å². The maximum atomic E-state index is 10.3. The van der Waals surface area contributed by atoms with Gasteiger partial charge in [0.2, 0.25) is 0 Å². The number of halogens is 1. The highest BCUT2D eigenvalue weighted by Gasteiger charge is 2.11. The molecule has 0 aliphatic heterocycles. The van der Waals surface area contributed by atoms with Gasteiger partial charge in [-0.25, -0.2) is 4.98 Å².